The van der Waals surface area contributed by atoms with E-state index < -0.39 is 9.84 Å². The predicted octanol–water partition coefficient (Wildman–Crippen LogP) is 0.885. The van der Waals surface area contributed by atoms with Crippen molar-refractivity contribution >= 4 is 9.84 Å². The van der Waals surface area contributed by atoms with Crippen molar-refractivity contribution in [1.29, 1.82) is 0 Å². The zero-order valence-corrected chi connectivity index (χ0v) is 12.2. The molecule has 5 heteroatoms. The SMILES string of the molecule is CCCN(CCC1CS(=O)(=O)CCN1)CC1CC1. The second kappa shape index (κ2) is 6.35. The molecule has 1 aliphatic heterocycles. The Hall–Kier alpha value is -0.130. The minimum atomic E-state index is -2.78. The molecule has 1 saturated carbocycles. The van der Waals surface area contributed by atoms with Gasteiger partial charge in [-0.05, 0) is 44.7 Å². The second-order valence-corrected chi connectivity index (χ2v) is 8.03. The lowest BCUT2D eigenvalue weighted by Gasteiger charge is -2.27. The third-order valence-electron chi connectivity index (χ3n) is 3.85. The van der Waals surface area contributed by atoms with Gasteiger partial charge in [0.2, 0.25) is 0 Å². The molecular weight excluding hydrogens is 248 g/mol. The zero-order chi connectivity index (χ0) is 13.0. The van der Waals surface area contributed by atoms with E-state index in [4.69, 9.17) is 0 Å². The van der Waals surface area contributed by atoms with Crippen LogP contribution in [0, 0.1) is 5.92 Å². The van der Waals surface area contributed by atoms with Crippen molar-refractivity contribution in [1.82, 2.24) is 10.2 Å². The van der Waals surface area contributed by atoms with Gasteiger partial charge in [0, 0.05) is 19.1 Å². The van der Waals surface area contributed by atoms with Crippen LogP contribution >= 0.6 is 0 Å². The van der Waals surface area contributed by atoms with Gasteiger partial charge in [-0.3, -0.25) is 0 Å². The molecule has 0 spiro atoms. The van der Waals surface area contributed by atoms with Crippen molar-refractivity contribution in [3.8, 4) is 0 Å². The monoisotopic (exact) mass is 274 g/mol. The average Bonchev–Trinajstić information content (AvgIpc) is 3.09. The van der Waals surface area contributed by atoms with Crippen LogP contribution in [0.15, 0.2) is 0 Å². The van der Waals surface area contributed by atoms with E-state index in [2.05, 4.69) is 17.1 Å². The average molecular weight is 274 g/mol. The summed E-state index contributed by atoms with van der Waals surface area (Å²) in [6, 6.07) is 0.169. The van der Waals surface area contributed by atoms with E-state index in [1.165, 1.54) is 25.8 Å². The molecule has 4 nitrogen and oxygen atoms in total. The molecule has 1 unspecified atom stereocenters. The fourth-order valence-electron chi connectivity index (χ4n) is 2.67. The molecule has 1 heterocycles. The van der Waals surface area contributed by atoms with Gasteiger partial charge in [0.15, 0.2) is 9.84 Å². The van der Waals surface area contributed by atoms with E-state index in [1.807, 2.05) is 0 Å². The Morgan fingerprint density at radius 1 is 1.28 bits per heavy atom. The van der Waals surface area contributed by atoms with Crippen LogP contribution in [0.3, 0.4) is 0 Å². The minimum absolute atomic E-state index is 0.169. The lowest BCUT2D eigenvalue weighted by molar-refractivity contribution is 0.249. The van der Waals surface area contributed by atoms with Gasteiger partial charge < -0.3 is 10.2 Å². The molecule has 0 aromatic heterocycles. The smallest absolute Gasteiger partial charge is 0.153 e. The van der Waals surface area contributed by atoms with E-state index in [0.29, 0.717) is 18.1 Å². The first-order valence-electron chi connectivity index (χ1n) is 7.25. The van der Waals surface area contributed by atoms with Gasteiger partial charge in [-0.25, -0.2) is 8.42 Å². The van der Waals surface area contributed by atoms with Crippen LogP contribution in [-0.4, -0.2) is 57.0 Å². The summed E-state index contributed by atoms with van der Waals surface area (Å²) >= 11 is 0. The highest BCUT2D eigenvalue weighted by Gasteiger charge is 2.26. The highest BCUT2D eigenvalue weighted by molar-refractivity contribution is 7.91. The maximum Gasteiger partial charge on any atom is 0.153 e. The predicted molar refractivity (Wildman–Crippen MR) is 74.5 cm³/mol. The van der Waals surface area contributed by atoms with Gasteiger partial charge in [-0.2, -0.15) is 0 Å². The molecule has 1 aliphatic carbocycles. The van der Waals surface area contributed by atoms with E-state index in [1.54, 1.807) is 0 Å². The Labute approximate surface area is 111 Å². The van der Waals surface area contributed by atoms with E-state index in [-0.39, 0.29) is 6.04 Å². The van der Waals surface area contributed by atoms with Crippen molar-refractivity contribution in [2.24, 2.45) is 5.92 Å². The topological polar surface area (TPSA) is 49.4 Å². The highest BCUT2D eigenvalue weighted by atomic mass is 32.2. The fourth-order valence-corrected chi connectivity index (χ4v) is 4.16. The molecule has 1 saturated heterocycles. The first-order chi connectivity index (χ1) is 8.59. The maximum absolute atomic E-state index is 11.6. The summed E-state index contributed by atoms with van der Waals surface area (Å²) in [5, 5.41) is 3.34. The summed E-state index contributed by atoms with van der Waals surface area (Å²) in [7, 11) is -2.78. The molecule has 2 aliphatic rings. The number of hydrogen-bond acceptors (Lipinski definition) is 4. The second-order valence-electron chi connectivity index (χ2n) is 5.80. The third-order valence-corrected chi connectivity index (χ3v) is 5.58. The van der Waals surface area contributed by atoms with Crippen molar-refractivity contribution in [3.05, 3.63) is 0 Å². The number of nitrogens with one attached hydrogen (secondary N) is 1. The highest BCUT2D eigenvalue weighted by Crippen LogP contribution is 2.29. The van der Waals surface area contributed by atoms with Crippen LogP contribution < -0.4 is 5.32 Å². The molecule has 1 atom stereocenters. The maximum atomic E-state index is 11.6. The molecule has 0 aromatic carbocycles. The number of nitrogens with zero attached hydrogens (tertiary/aromatic N) is 1. The Morgan fingerprint density at radius 2 is 2.06 bits per heavy atom. The van der Waals surface area contributed by atoms with Crippen LogP contribution in [0.5, 0.6) is 0 Å². The van der Waals surface area contributed by atoms with Crippen LogP contribution in [0.2, 0.25) is 0 Å². The van der Waals surface area contributed by atoms with Crippen LogP contribution in [0.1, 0.15) is 32.6 Å². The molecule has 0 bridgehead atoms. The van der Waals surface area contributed by atoms with Gasteiger partial charge >= 0.3 is 0 Å². The number of sulfone groups is 1. The largest absolute Gasteiger partial charge is 0.312 e. The summed E-state index contributed by atoms with van der Waals surface area (Å²) in [4.78, 5) is 2.51. The first-order valence-corrected chi connectivity index (χ1v) is 9.07. The molecule has 18 heavy (non-hydrogen) atoms. The fraction of sp³-hybridized carbons (Fsp3) is 1.00. The first kappa shape index (κ1) is 14.3. The van der Waals surface area contributed by atoms with E-state index in [0.717, 1.165) is 25.4 Å². The van der Waals surface area contributed by atoms with E-state index in [9.17, 15) is 8.42 Å². The van der Waals surface area contributed by atoms with Gasteiger partial charge in [0.25, 0.3) is 0 Å². The van der Waals surface area contributed by atoms with Gasteiger partial charge in [0.1, 0.15) is 0 Å². The molecule has 106 valence electrons. The zero-order valence-electron chi connectivity index (χ0n) is 11.4. The summed E-state index contributed by atoms with van der Waals surface area (Å²) in [5.41, 5.74) is 0. The van der Waals surface area contributed by atoms with Crippen molar-refractivity contribution in [3.63, 3.8) is 0 Å². The third kappa shape index (κ3) is 4.86. The van der Waals surface area contributed by atoms with Crippen molar-refractivity contribution in [2.45, 2.75) is 38.6 Å². The molecule has 0 radical (unpaired) electrons. The van der Waals surface area contributed by atoms with Gasteiger partial charge in [-0.15, -0.1) is 0 Å². The van der Waals surface area contributed by atoms with Crippen LogP contribution in [-0.2, 0) is 9.84 Å². The van der Waals surface area contributed by atoms with Crippen molar-refractivity contribution in [2.75, 3.05) is 37.7 Å². The summed E-state index contributed by atoms with van der Waals surface area (Å²) in [6.45, 7) is 6.24. The lowest BCUT2D eigenvalue weighted by Crippen LogP contribution is -2.46. The summed E-state index contributed by atoms with van der Waals surface area (Å²) in [5.74, 6) is 1.56. The van der Waals surface area contributed by atoms with Gasteiger partial charge in [0.05, 0.1) is 11.5 Å². The Balaban J connectivity index is 1.73. The lowest BCUT2D eigenvalue weighted by atomic mass is 10.2. The molecule has 0 amide bonds. The Morgan fingerprint density at radius 3 is 2.67 bits per heavy atom. The Bertz CT molecular complexity index is 352. The summed E-state index contributed by atoms with van der Waals surface area (Å²) in [6.07, 6.45) is 4.92. The molecular formula is C13H26N2O2S. The number of rotatable bonds is 7. The number of hydrogen-bond donors (Lipinski definition) is 1. The van der Waals surface area contributed by atoms with Crippen LogP contribution in [0.25, 0.3) is 0 Å². The molecule has 2 fully saturated rings. The van der Waals surface area contributed by atoms with Crippen LogP contribution in [0.4, 0.5) is 0 Å². The normalized spacial score (nSPS) is 27.6. The molecule has 2 rings (SSSR count). The minimum Gasteiger partial charge on any atom is -0.312 e. The van der Waals surface area contributed by atoms with Gasteiger partial charge in [-0.1, -0.05) is 6.92 Å². The standard InChI is InChI=1S/C13H26N2O2S/c1-2-7-15(10-12-3-4-12)8-5-13-11-18(16,17)9-6-14-13/h12-14H,2-11H2,1H3. The van der Waals surface area contributed by atoms with E-state index >= 15 is 0 Å². The quantitative estimate of drug-likeness (QED) is 0.749. The molecule has 0 aromatic rings. The summed E-state index contributed by atoms with van der Waals surface area (Å²) < 4.78 is 23.1. The van der Waals surface area contributed by atoms with Crippen molar-refractivity contribution < 1.29 is 8.42 Å². The molecule has 1 N–H and O–H groups in total. The Kier molecular flexibility index (Phi) is 5.04.